The molecule has 0 aliphatic carbocycles. The highest BCUT2D eigenvalue weighted by atomic mass is 16.1. The molecule has 2 nitrogen and oxygen atoms in total. The Morgan fingerprint density at radius 1 is 1.54 bits per heavy atom. The van der Waals surface area contributed by atoms with Gasteiger partial charge in [0.2, 0.25) is 0 Å². The van der Waals surface area contributed by atoms with Crippen LogP contribution in [-0.4, -0.2) is 29.3 Å². The molecule has 2 atom stereocenters. The Kier molecular flexibility index (Phi) is 3.48. The summed E-state index contributed by atoms with van der Waals surface area (Å²) in [6.07, 6.45) is 1.85. The summed E-state index contributed by atoms with van der Waals surface area (Å²) in [6, 6.07) is 0.704. The van der Waals surface area contributed by atoms with Gasteiger partial charge in [-0.1, -0.05) is 13.8 Å². The molecule has 0 bridgehead atoms. The second-order valence-electron chi connectivity index (χ2n) is 4.36. The zero-order chi connectivity index (χ0) is 10.0. The first-order chi connectivity index (χ1) is 6.07. The molecule has 0 saturated carbocycles. The molecule has 0 unspecified atom stereocenters. The largest absolute Gasteiger partial charge is 0.298 e. The third-order valence-corrected chi connectivity index (χ3v) is 3.08. The van der Waals surface area contributed by atoms with Crippen molar-refractivity contribution < 1.29 is 4.79 Å². The zero-order valence-electron chi connectivity index (χ0n) is 9.21. The van der Waals surface area contributed by atoms with E-state index in [4.69, 9.17) is 0 Å². The van der Waals surface area contributed by atoms with Crippen LogP contribution in [0.4, 0.5) is 0 Å². The van der Waals surface area contributed by atoms with Gasteiger partial charge in [-0.15, -0.1) is 0 Å². The molecule has 1 saturated heterocycles. The van der Waals surface area contributed by atoms with E-state index in [2.05, 4.69) is 25.7 Å². The number of rotatable bonds is 3. The summed E-state index contributed by atoms with van der Waals surface area (Å²) in [6.45, 7) is 9.60. The lowest BCUT2D eigenvalue weighted by Crippen LogP contribution is -2.42. The average molecular weight is 183 g/mol. The van der Waals surface area contributed by atoms with Crippen LogP contribution in [0.15, 0.2) is 0 Å². The van der Waals surface area contributed by atoms with E-state index >= 15 is 0 Å². The molecular formula is C11H21NO. The number of Topliss-reactive ketones (excluding diaryl/α,β-unsaturated/α-hetero) is 1. The standard InChI is InChI=1S/C11H21NO/c1-5-10(13)11-9(4)6-7-12(11)8(2)3/h8-9,11H,5-7H2,1-4H3/t9-,11-/m0/s1. The van der Waals surface area contributed by atoms with Crippen molar-refractivity contribution in [2.24, 2.45) is 5.92 Å². The number of hydrogen-bond acceptors (Lipinski definition) is 2. The maximum atomic E-state index is 11.7. The topological polar surface area (TPSA) is 20.3 Å². The van der Waals surface area contributed by atoms with Gasteiger partial charge >= 0.3 is 0 Å². The van der Waals surface area contributed by atoms with Crippen LogP contribution >= 0.6 is 0 Å². The predicted molar refractivity (Wildman–Crippen MR) is 54.7 cm³/mol. The maximum Gasteiger partial charge on any atom is 0.149 e. The van der Waals surface area contributed by atoms with E-state index in [0.29, 0.717) is 24.2 Å². The highest BCUT2D eigenvalue weighted by Crippen LogP contribution is 2.27. The summed E-state index contributed by atoms with van der Waals surface area (Å²) in [5, 5.41) is 0. The van der Waals surface area contributed by atoms with Crippen LogP contribution in [0, 0.1) is 5.92 Å². The smallest absolute Gasteiger partial charge is 0.149 e. The normalized spacial score (nSPS) is 29.9. The summed E-state index contributed by atoms with van der Waals surface area (Å²) < 4.78 is 0. The van der Waals surface area contributed by atoms with Gasteiger partial charge in [0.25, 0.3) is 0 Å². The van der Waals surface area contributed by atoms with Gasteiger partial charge in [0, 0.05) is 12.5 Å². The minimum Gasteiger partial charge on any atom is -0.298 e. The number of nitrogens with zero attached hydrogens (tertiary/aromatic N) is 1. The number of hydrogen-bond donors (Lipinski definition) is 0. The molecule has 1 heterocycles. The first-order valence-electron chi connectivity index (χ1n) is 5.36. The van der Waals surface area contributed by atoms with Gasteiger partial charge in [-0.2, -0.15) is 0 Å². The second-order valence-corrected chi connectivity index (χ2v) is 4.36. The van der Waals surface area contributed by atoms with Crippen molar-refractivity contribution in [3.63, 3.8) is 0 Å². The molecule has 2 heteroatoms. The Hall–Kier alpha value is -0.370. The fourth-order valence-electron chi connectivity index (χ4n) is 2.27. The number of carbonyl (C=O) groups excluding carboxylic acids is 1. The van der Waals surface area contributed by atoms with Crippen LogP contribution < -0.4 is 0 Å². The summed E-state index contributed by atoms with van der Waals surface area (Å²) in [4.78, 5) is 14.0. The van der Waals surface area contributed by atoms with Gasteiger partial charge in [-0.25, -0.2) is 0 Å². The fraction of sp³-hybridized carbons (Fsp3) is 0.909. The highest BCUT2D eigenvalue weighted by Gasteiger charge is 2.36. The first-order valence-corrected chi connectivity index (χ1v) is 5.36. The van der Waals surface area contributed by atoms with Crippen LogP contribution in [0.5, 0.6) is 0 Å². The molecule has 76 valence electrons. The Morgan fingerprint density at radius 2 is 2.15 bits per heavy atom. The van der Waals surface area contributed by atoms with Crippen LogP contribution in [-0.2, 0) is 4.79 Å². The SMILES string of the molecule is CCC(=O)[C@@H]1[C@@H](C)CCN1C(C)C. The Labute approximate surface area is 81.3 Å². The van der Waals surface area contributed by atoms with Crippen molar-refractivity contribution in [1.29, 1.82) is 0 Å². The molecule has 0 amide bonds. The average Bonchev–Trinajstić information content (AvgIpc) is 2.46. The van der Waals surface area contributed by atoms with Crippen molar-refractivity contribution >= 4 is 5.78 Å². The Balaban J connectivity index is 2.71. The van der Waals surface area contributed by atoms with Crippen LogP contribution in [0.1, 0.15) is 40.5 Å². The van der Waals surface area contributed by atoms with E-state index in [1.807, 2.05) is 6.92 Å². The number of ketones is 1. The molecule has 0 spiro atoms. The summed E-state index contributed by atoms with van der Waals surface area (Å²) in [5.41, 5.74) is 0. The highest BCUT2D eigenvalue weighted by molar-refractivity contribution is 5.84. The van der Waals surface area contributed by atoms with Gasteiger partial charge in [0.1, 0.15) is 5.78 Å². The van der Waals surface area contributed by atoms with Gasteiger partial charge in [0.05, 0.1) is 6.04 Å². The summed E-state index contributed by atoms with van der Waals surface area (Å²) in [5.74, 6) is 0.966. The molecule has 0 N–H and O–H groups in total. The predicted octanol–water partition coefficient (Wildman–Crippen LogP) is 2.08. The van der Waals surface area contributed by atoms with Gasteiger partial charge < -0.3 is 0 Å². The van der Waals surface area contributed by atoms with E-state index < -0.39 is 0 Å². The van der Waals surface area contributed by atoms with Crippen molar-refractivity contribution in [2.45, 2.75) is 52.6 Å². The van der Waals surface area contributed by atoms with Crippen LogP contribution in [0.25, 0.3) is 0 Å². The quantitative estimate of drug-likeness (QED) is 0.667. The van der Waals surface area contributed by atoms with Crippen molar-refractivity contribution in [3.8, 4) is 0 Å². The van der Waals surface area contributed by atoms with E-state index in [1.165, 1.54) is 6.42 Å². The lowest BCUT2D eigenvalue weighted by atomic mass is 9.97. The first kappa shape index (κ1) is 10.7. The van der Waals surface area contributed by atoms with Gasteiger partial charge in [0.15, 0.2) is 0 Å². The van der Waals surface area contributed by atoms with E-state index in [1.54, 1.807) is 0 Å². The van der Waals surface area contributed by atoms with E-state index in [0.717, 1.165) is 6.54 Å². The summed E-state index contributed by atoms with van der Waals surface area (Å²) in [7, 11) is 0. The lowest BCUT2D eigenvalue weighted by Gasteiger charge is -2.28. The zero-order valence-corrected chi connectivity index (χ0v) is 9.21. The third kappa shape index (κ3) is 2.11. The molecule has 0 aromatic carbocycles. The van der Waals surface area contributed by atoms with E-state index in [9.17, 15) is 4.79 Å². The van der Waals surface area contributed by atoms with Crippen LogP contribution in [0.2, 0.25) is 0 Å². The second kappa shape index (κ2) is 4.23. The van der Waals surface area contributed by atoms with Crippen molar-refractivity contribution in [2.75, 3.05) is 6.54 Å². The molecule has 0 aromatic heterocycles. The Bertz CT molecular complexity index is 189. The fourth-order valence-corrected chi connectivity index (χ4v) is 2.27. The number of likely N-dealkylation sites (tertiary alicyclic amines) is 1. The Morgan fingerprint density at radius 3 is 2.62 bits per heavy atom. The molecule has 1 rings (SSSR count). The molecule has 13 heavy (non-hydrogen) atoms. The maximum absolute atomic E-state index is 11.7. The molecule has 1 aliphatic rings. The van der Waals surface area contributed by atoms with Gasteiger partial charge in [-0.3, -0.25) is 9.69 Å². The van der Waals surface area contributed by atoms with Crippen LogP contribution in [0.3, 0.4) is 0 Å². The molecule has 0 aromatic rings. The molecular weight excluding hydrogens is 162 g/mol. The molecule has 1 aliphatic heterocycles. The minimum absolute atomic E-state index is 0.199. The number of carbonyl (C=O) groups is 1. The summed E-state index contributed by atoms with van der Waals surface area (Å²) >= 11 is 0. The molecule has 0 radical (unpaired) electrons. The lowest BCUT2D eigenvalue weighted by molar-refractivity contribution is -0.124. The third-order valence-electron chi connectivity index (χ3n) is 3.08. The van der Waals surface area contributed by atoms with Gasteiger partial charge in [-0.05, 0) is 32.7 Å². The van der Waals surface area contributed by atoms with Crippen molar-refractivity contribution in [3.05, 3.63) is 0 Å². The van der Waals surface area contributed by atoms with Crippen molar-refractivity contribution in [1.82, 2.24) is 4.90 Å². The minimum atomic E-state index is 0.199. The monoisotopic (exact) mass is 183 g/mol. The molecule has 1 fully saturated rings. The van der Waals surface area contributed by atoms with E-state index in [-0.39, 0.29) is 6.04 Å².